The van der Waals surface area contributed by atoms with Crippen molar-refractivity contribution < 1.29 is 4.74 Å². The molecule has 2 aromatic carbocycles. The van der Waals surface area contributed by atoms with E-state index in [9.17, 15) is 9.59 Å². The predicted octanol–water partition coefficient (Wildman–Crippen LogP) is 3.23. The number of nitrogens with zero attached hydrogens (tertiary/aromatic N) is 4. The van der Waals surface area contributed by atoms with E-state index in [0.717, 1.165) is 18.4 Å². The summed E-state index contributed by atoms with van der Waals surface area (Å²) in [5.74, 6) is 0. The van der Waals surface area contributed by atoms with Crippen LogP contribution in [0.25, 0.3) is 16.9 Å². The Morgan fingerprint density at radius 1 is 1.10 bits per heavy atom. The zero-order valence-corrected chi connectivity index (χ0v) is 17.5. The second-order valence-electron chi connectivity index (χ2n) is 7.68. The quantitative estimate of drug-likeness (QED) is 0.481. The van der Waals surface area contributed by atoms with Crippen molar-refractivity contribution in [3.8, 4) is 5.69 Å². The number of imidazole rings is 1. The molecule has 1 saturated heterocycles. The summed E-state index contributed by atoms with van der Waals surface area (Å²) in [7, 11) is 0. The second-order valence-corrected chi connectivity index (χ2v) is 8.12. The average Bonchev–Trinajstić information content (AvgIpc) is 3.42. The fourth-order valence-electron chi connectivity index (χ4n) is 4.09. The number of para-hydroxylation sites is 1. The van der Waals surface area contributed by atoms with Gasteiger partial charge in [-0.05, 0) is 42.7 Å². The van der Waals surface area contributed by atoms with Gasteiger partial charge >= 0.3 is 5.69 Å². The van der Waals surface area contributed by atoms with Gasteiger partial charge in [0.2, 0.25) is 0 Å². The first-order chi connectivity index (χ1) is 15.1. The third-order valence-electron chi connectivity index (χ3n) is 5.57. The maximum absolute atomic E-state index is 13.5. The van der Waals surface area contributed by atoms with Crippen molar-refractivity contribution in [2.45, 2.75) is 32.0 Å². The van der Waals surface area contributed by atoms with Crippen LogP contribution >= 0.6 is 11.6 Å². The van der Waals surface area contributed by atoms with E-state index in [2.05, 4.69) is 4.98 Å². The fourth-order valence-corrected chi connectivity index (χ4v) is 4.31. The molecule has 0 spiro atoms. The van der Waals surface area contributed by atoms with Gasteiger partial charge in [0, 0.05) is 18.2 Å². The van der Waals surface area contributed by atoms with E-state index in [-0.39, 0.29) is 18.2 Å². The third kappa shape index (κ3) is 3.71. The smallest absolute Gasteiger partial charge is 0.337 e. The Labute approximate surface area is 183 Å². The van der Waals surface area contributed by atoms with E-state index in [4.69, 9.17) is 16.3 Å². The van der Waals surface area contributed by atoms with E-state index in [1.54, 1.807) is 17.0 Å². The Kier molecular flexibility index (Phi) is 5.21. The molecule has 0 radical (unpaired) electrons. The van der Waals surface area contributed by atoms with Crippen LogP contribution in [-0.2, 0) is 17.8 Å². The molecule has 8 heteroatoms. The number of hydrogen-bond acceptors (Lipinski definition) is 4. The lowest BCUT2D eigenvalue weighted by Crippen LogP contribution is -2.42. The van der Waals surface area contributed by atoms with Gasteiger partial charge in [0.05, 0.1) is 24.7 Å². The Morgan fingerprint density at radius 3 is 2.68 bits per heavy atom. The number of hydrogen-bond donors (Lipinski definition) is 0. The first-order valence-electron chi connectivity index (χ1n) is 10.2. The molecule has 3 heterocycles. The largest absolute Gasteiger partial charge is 0.376 e. The number of rotatable bonds is 5. The summed E-state index contributed by atoms with van der Waals surface area (Å²) in [5.41, 5.74) is 1.54. The van der Waals surface area contributed by atoms with Crippen LogP contribution in [-0.4, -0.2) is 31.4 Å². The molecule has 0 amide bonds. The van der Waals surface area contributed by atoms with Crippen LogP contribution in [0, 0.1) is 0 Å². The van der Waals surface area contributed by atoms with Crippen molar-refractivity contribution in [1.29, 1.82) is 0 Å². The average molecular weight is 437 g/mol. The van der Waals surface area contributed by atoms with Gasteiger partial charge in [0.25, 0.3) is 5.56 Å². The number of fused-ring (bicyclic) bond motifs is 1. The van der Waals surface area contributed by atoms with Gasteiger partial charge in [-0.3, -0.25) is 9.36 Å². The van der Waals surface area contributed by atoms with Crippen molar-refractivity contribution in [1.82, 2.24) is 18.7 Å². The third-order valence-corrected chi connectivity index (χ3v) is 5.80. The monoisotopic (exact) mass is 436 g/mol. The van der Waals surface area contributed by atoms with E-state index < -0.39 is 5.69 Å². The standard InChI is InChI=1S/C23H21ClN4O3/c24-17-7-4-6-16(12-17)13-26-15-25-21-20(26)22(29)27(14-19-10-5-11-31-19)23(30)28(21)18-8-2-1-3-9-18/h1-4,6-9,12,15,19H,5,10-11,13-14H2. The lowest BCUT2D eigenvalue weighted by molar-refractivity contribution is 0.0950. The van der Waals surface area contributed by atoms with E-state index >= 15 is 0 Å². The van der Waals surface area contributed by atoms with E-state index in [1.165, 1.54) is 9.13 Å². The summed E-state index contributed by atoms with van der Waals surface area (Å²) in [5, 5.41) is 0.624. The normalized spacial score (nSPS) is 16.2. The van der Waals surface area contributed by atoms with Gasteiger partial charge < -0.3 is 9.30 Å². The molecule has 1 atom stereocenters. The topological polar surface area (TPSA) is 71.0 Å². The van der Waals surface area contributed by atoms with E-state index in [0.29, 0.717) is 35.0 Å². The highest BCUT2D eigenvalue weighted by molar-refractivity contribution is 6.30. The molecule has 4 aromatic rings. The molecule has 158 valence electrons. The molecule has 0 bridgehead atoms. The molecule has 31 heavy (non-hydrogen) atoms. The van der Waals surface area contributed by atoms with Crippen molar-refractivity contribution >= 4 is 22.8 Å². The molecular weight excluding hydrogens is 416 g/mol. The highest BCUT2D eigenvalue weighted by atomic mass is 35.5. The van der Waals surface area contributed by atoms with Gasteiger partial charge in [0.1, 0.15) is 0 Å². The second kappa shape index (κ2) is 8.17. The Hall–Kier alpha value is -3.16. The molecule has 0 saturated carbocycles. The summed E-state index contributed by atoms with van der Waals surface area (Å²) in [6, 6.07) is 16.7. The highest BCUT2D eigenvalue weighted by Crippen LogP contribution is 2.18. The minimum atomic E-state index is -0.410. The van der Waals surface area contributed by atoms with Crippen LogP contribution in [0.3, 0.4) is 0 Å². The van der Waals surface area contributed by atoms with Gasteiger partial charge in [-0.15, -0.1) is 0 Å². The molecular formula is C23H21ClN4O3. The summed E-state index contributed by atoms with van der Waals surface area (Å²) >= 11 is 6.13. The lowest BCUT2D eigenvalue weighted by atomic mass is 10.2. The summed E-state index contributed by atoms with van der Waals surface area (Å²) in [4.78, 5) is 31.3. The molecule has 0 N–H and O–H groups in total. The van der Waals surface area contributed by atoms with Gasteiger partial charge in [-0.2, -0.15) is 0 Å². The van der Waals surface area contributed by atoms with Crippen LogP contribution in [0.1, 0.15) is 18.4 Å². The Balaban J connectivity index is 1.72. The predicted molar refractivity (Wildman–Crippen MR) is 119 cm³/mol. The van der Waals surface area contributed by atoms with E-state index in [1.807, 2.05) is 48.5 Å². The minimum absolute atomic E-state index is 0.142. The van der Waals surface area contributed by atoms with Crippen molar-refractivity contribution in [3.63, 3.8) is 0 Å². The number of ether oxygens (including phenoxy) is 1. The fraction of sp³-hybridized carbons (Fsp3) is 0.261. The summed E-state index contributed by atoms with van der Waals surface area (Å²) < 4.78 is 10.3. The van der Waals surface area contributed by atoms with Crippen LogP contribution in [0.5, 0.6) is 0 Å². The number of aromatic nitrogens is 4. The minimum Gasteiger partial charge on any atom is -0.376 e. The van der Waals surface area contributed by atoms with Crippen molar-refractivity contribution in [3.05, 3.63) is 92.3 Å². The lowest BCUT2D eigenvalue weighted by Gasteiger charge is -2.15. The van der Waals surface area contributed by atoms with Crippen LogP contribution in [0.4, 0.5) is 0 Å². The molecule has 1 fully saturated rings. The van der Waals surface area contributed by atoms with Crippen LogP contribution < -0.4 is 11.2 Å². The van der Waals surface area contributed by atoms with Gasteiger partial charge in [0.15, 0.2) is 11.2 Å². The zero-order valence-electron chi connectivity index (χ0n) is 16.8. The molecule has 0 aliphatic carbocycles. The molecule has 1 aliphatic rings. The van der Waals surface area contributed by atoms with Crippen LogP contribution in [0.15, 0.2) is 70.5 Å². The first-order valence-corrected chi connectivity index (χ1v) is 10.6. The molecule has 2 aromatic heterocycles. The molecule has 5 rings (SSSR count). The maximum atomic E-state index is 13.5. The van der Waals surface area contributed by atoms with Crippen molar-refractivity contribution in [2.75, 3.05) is 6.61 Å². The van der Waals surface area contributed by atoms with Gasteiger partial charge in [-0.25, -0.2) is 14.3 Å². The molecule has 1 aliphatic heterocycles. The highest BCUT2D eigenvalue weighted by Gasteiger charge is 2.23. The Bertz CT molecular complexity index is 1350. The van der Waals surface area contributed by atoms with Crippen molar-refractivity contribution in [2.24, 2.45) is 0 Å². The maximum Gasteiger partial charge on any atom is 0.337 e. The number of benzene rings is 2. The molecule has 1 unspecified atom stereocenters. The first kappa shape index (κ1) is 19.8. The number of halogens is 1. The SMILES string of the molecule is O=c1c2c(ncn2Cc2cccc(Cl)c2)n(-c2ccccc2)c(=O)n1CC1CCCO1. The summed E-state index contributed by atoms with van der Waals surface area (Å²) in [6.07, 6.45) is 3.22. The van der Waals surface area contributed by atoms with Gasteiger partial charge in [-0.1, -0.05) is 41.9 Å². The Morgan fingerprint density at radius 2 is 1.94 bits per heavy atom. The summed E-state index contributed by atoms with van der Waals surface area (Å²) in [6.45, 7) is 1.29. The molecule has 7 nitrogen and oxygen atoms in total. The zero-order chi connectivity index (χ0) is 21.4. The van der Waals surface area contributed by atoms with Crippen LogP contribution in [0.2, 0.25) is 5.02 Å².